The molecule has 2 aliphatic heterocycles. The zero-order valence-electron chi connectivity index (χ0n) is 34.7. The van der Waals surface area contributed by atoms with Crippen LogP contribution >= 0.6 is 21.6 Å². The lowest BCUT2D eigenvalue weighted by molar-refractivity contribution is -0.144. The number of guanidine groups is 1. The van der Waals surface area contributed by atoms with Gasteiger partial charge in [-0.05, 0) is 51.5 Å². The monoisotopic (exact) mass is 947 g/mol. The third kappa shape index (κ3) is 19.6. The Labute approximate surface area is 374 Å². The van der Waals surface area contributed by atoms with Gasteiger partial charge in [-0.15, -0.1) is 0 Å². The van der Waals surface area contributed by atoms with Crippen LogP contribution in [0.15, 0.2) is 4.99 Å². The first-order chi connectivity index (χ1) is 30.2. The van der Waals surface area contributed by atoms with E-state index in [0.717, 1.165) is 26.5 Å². The topological polar surface area (TPSA) is 452 Å². The molecule has 0 saturated carbocycles. The maximum atomic E-state index is 13.4. The van der Waals surface area contributed by atoms with Gasteiger partial charge in [-0.3, -0.25) is 52.9 Å². The van der Waals surface area contributed by atoms with Crippen molar-refractivity contribution >= 4 is 92.7 Å². The standard InChI is InChI=1S/C35H57N13O14S2/c36-8-2-1-5-18-30(57)42-14-25(50)48-10-4-7-23(48)33(60)46-21(12-27(53)54)32(59)47-22(34(61)62)16-64-63-15-17(37)28(55)44-19(6-3-9-40-35(38)39)29(56)41-13-24(49)43-20(11-26(51)52)31(58)45-18/h17-23H,1-16,36-37H2,(H,41,56)(H,42,57)(H,43,49)(H,44,55)(H,45,58)(H,46,60)(H,47,59)(H,51,52)(H,53,54)(H,61,62)(H4,38,39,40)/t17-,18?,19-,20-,21-,22-,23-/m0/s1. The molecule has 0 aliphatic carbocycles. The highest BCUT2D eigenvalue weighted by atomic mass is 33.1. The third-order valence-corrected chi connectivity index (χ3v) is 11.9. The molecular formula is C35H57N13O14S2. The number of carbonyl (C=O) groups is 11. The van der Waals surface area contributed by atoms with Gasteiger partial charge >= 0.3 is 17.9 Å². The minimum absolute atomic E-state index is 0.0254. The van der Waals surface area contributed by atoms with Crippen LogP contribution in [0.2, 0.25) is 0 Å². The molecule has 2 saturated heterocycles. The second-order valence-electron chi connectivity index (χ2n) is 14.5. The van der Waals surface area contributed by atoms with Gasteiger partial charge in [-0.2, -0.15) is 0 Å². The summed E-state index contributed by atoms with van der Waals surface area (Å²) in [4.78, 5) is 147. The zero-order chi connectivity index (χ0) is 47.9. The summed E-state index contributed by atoms with van der Waals surface area (Å²) in [5.41, 5.74) is 22.4. The lowest BCUT2D eigenvalue weighted by Crippen LogP contribution is -2.57. The number of aliphatic imine (C=N–C) groups is 1. The van der Waals surface area contributed by atoms with E-state index in [9.17, 15) is 68.1 Å². The molecule has 0 bridgehead atoms. The van der Waals surface area contributed by atoms with E-state index in [-0.39, 0.29) is 69.2 Å². The summed E-state index contributed by atoms with van der Waals surface area (Å²) in [7, 11) is 1.80. The van der Waals surface area contributed by atoms with E-state index in [4.69, 9.17) is 22.9 Å². The summed E-state index contributed by atoms with van der Waals surface area (Å²) in [6.45, 7) is -1.23. The van der Waals surface area contributed by atoms with Gasteiger partial charge in [0.05, 0.1) is 32.0 Å². The number of carboxylic acids is 3. The molecule has 7 atom stereocenters. The Morgan fingerprint density at radius 1 is 0.672 bits per heavy atom. The first kappa shape index (κ1) is 54.2. The van der Waals surface area contributed by atoms with Gasteiger partial charge in [0, 0.05) is 24.6 Å². The first-order valence-electron chi connectivity index (χ1n) is 20.0. The average molecular weight is 948 g/mol. The molecular weight excluding hydrogens is 891 g/mol. The number of rotatable bonds is 13. The van der Waals surface area contributed by atoms with Crippen molar-refractivity contribution in [2.75, 3.05) is 44.2 Å². The number of carboxylic acid groups (broad SMARTS) is 3. The van der Waals surface area contributed by atoms with Gasteiger partial charge < -0.3 is 80.4 Å². The summed E-state index contributed by atoms with van der Waals surface area (Å²) >= 11 is 0. The van der Waals surface area contributed by atoms with Crippen molar-refractivity contribution < 1.29 is 68.1 Å². The van der Waals surface area contributed by atoms with Crippen LogP contribution in [0.5, 0.6) is 0 Å². The molecule has 2 aliphatic rings. The fraction of sp³-hybridized carbons (Fsp3) is 0.657. The fourth-order valence-corrected chi connectivity index (χ4v) is 8.42. The van der Waals surface area contributed by atoms with E-state index in [0.29, 0.717) is 12.8 Å². The Kier molecular flexibility index (Phi) is 23.7. The SMILES string of the molecule is NCCCCC1NC(=O)[C@H](CC(=O)O)NC(=O)CNC(=O)[C@H](CCCN=C(N)N)NC(=O)[C@@H](N)CSSC[C@@H](C(=O)O)NC(=O)[C@H](CC(=O)O)NC(=O)[C@@H]2CCCN2C(=O)CNC1=O. The number of carbonyl (C=O) groups excluding carboxylic acids is 8. The van der Waals surface area contributed by atoms with Crippen molar-refractivity contribution in [3.63, 3.8) is 0 Å². The lowest BCUT2D eigenvalue weighted by atomic mass is 10.1. The number of nitrogens with zero attached hydrogens (tertiary/aromatic N) is 2. The summed E-state index contributed by atoms with van der Waals surface area (Å²) in [5, 5.41) is 45.0. The number of hydrogen-bond acceptors (Lipinski definition) is 16. The molecule has 2 rings (SSSR count). The second kappa shape index (κ2) is 28.0. The minimum atomic E-state index is -1.79. The number of hydrogen-bond donors (Lipinski definition) is 14. The lowest BCUT2D eigenvalue weighted by Gasteiger charge is -2.27. The Hall–Kier alpha value is -5.94. The second-order valence-corrected chi connectivity index (χ2v) is 17.0. The number of nitrogens with one attached hydrogen (secondary N) is 7. The fourth-order valence-electron chi connectivity index (χ4n) is 6.14. The van der Waals surface area contributed by atoms with E-state index in [1.807, 2.05) is 0 Å². The molecule has 1 unspecified atom stereocenters. The van der Waals surface area contributed by atoms with Crippen molar-refractivity contribution in [3.8, 4) is 0 Å². The van der Waals surface area contributed by atoms with Crippen molar-refractivity contribution in [1.82, 2.24) is 42.1 Å². The molecule has 8 amide bonds. The molecule has 0 aromatic heterocycles. The number of amides is 8. The molecule has 0 aromatic rings. The maximum Gasteiger partial charge on any atom is 0.327 e. The van der Waals surface area contributed by atoms with Crippen LogP contribution in [0.25, 0.3) is 0 Å². The highest BCUT2D eigenvalue weighted by Crippen LogP contribution is 2.23. The molecule has 29 heteroatoms. The van der Waals surface area contributed by atoms with Gasteiger partial charge in [-0.25, -0.2) is 4.79 Å². The number of nitrogens with two attached hydrogens (primary N) is 4. The van der Waals surface area contributed by atoms with Crippen molar-refractivity contribution in [1.29, 1.82) is 0 Å². The highest BCUT2D eigenvalue weighted by molar-refractivity contribution is 8.76. The van der Waals surface area contributed by atoms with E-state index in [1.165, 1.54) is 0 Å². The van der Waals surface area contributed by atoms with Crippen molar-refractivity contribution in [2.45, 2.75) is 100 Å². The van der Waals surface area contributed by atoms with E-state index in [2.05, 4.69) is 42.2 Å². The Bertz CT molecular complexity index is 1750. The number of fused-ring (bicyclic) bond motifs is 1. The maximum absolute atomic E-state index is 13.4. The van der Waals surface area contributed by atoms with E-state index < -0.39 is 133 Å². The number of unbranched alkanes of at least 4 members (excludes halogenated alkanes) is 1. The van der Waals surface area contributed by atoms with E-state index >= 15 is 0 Å². The normalized spacial score (nSPS) is 25.5. The van der Waals surface area contributed by atoms with Gasteiger partial charge in [0.2, 0.25) is 47.3 Å². The molecule has 0 aromatic carbocycles. The van der Waals surface area contributed by atoms with E-state index in [1.54, 1.807) is 0 Å². The molecule has 358 valence electrons. The molecule has 27 nitrogen and oxygen atoms in total. The van der Waals surface area contributed by atoms with Crippen LogP contribution in [-0.4, -0.2) is 178 Å². The van der Waals surface area contributed by atoms with Gasteiger partial charge in [-0.1, -0.05) is 21.6 Å². The molecule has 0 spiro atoms. The van der Waals surface area contributed by atoms with Crippen molar-refractivity contribution in [3.05, 3.63) is 0 Å². The van der Waals surface area contributed by atoms with Gasteiger partial charge in [0.1, 0.15) is 36.3 Å². The van der Waals surface area contributed by atoms with Crippen LogP contribution in [-0.2, 0) is 52.7 Å². The third-order valence-electron chi connectivity index (χ3n) is 9.43. The molecule has 0 radical (unpaired) electrons. The average Bonchev–Trinajstić information content (AvgIpc) is 3.72. The number of aliphatic carboxylic acids is 3. The van der Waals surface area contributed by atoms with Crippen LogP contribution in [0.3, 0.4) is 0 Å². The minimum Gasteiger partial charge on any atom is -0.481 e. The highest BCUT2D eigenvalue weighted by Gasteiger charge is 2.38. The molecule has 18 N–H and O–H groups in total. The van der Waals surface area contributed by atoms with Crippen LogP contribution in [0.1, 0.15) is 57.8 Å². The van der Waals surface area contributed by atoms with Gasteiger partial charge in [0.15, 0.2) is 5.96 Å². The quantitative estimate of drug-likeness (QED) is 0.0353. The molecule has 2 fully saturated rings. The Morgan fingerprint density at radius 2 is 1.22 bits per heavy atom. The Balaban J connectivity index is 2.46. The van der Waals surface area contributed by atoms with Crippen LogP contribution < -0.4 is 60.2 Å². The summed E-state index contributed by atoms with van der Waals surface area (Å²) in [6, 6.07) is -10.4. The smallest absolute Gasteiger partial charge is 0.327 e. The van der Waals surface area contributed by atoms with Crippen LogP contribution in [0.4, 0.5) is 0 Å². The zero-order valence-corrected chi connectivity index (χ0v) is 36.3. The van der Waals surface area contributed by atoms with Crippen molar-refractivity contribution in [2.24, 2.45) is 27.9 Å². The largest absolute Gasteiger partial charge is 0.481 e. The summed E-state index contributed by atoms with van der Waals surface area (Å²) in [5.74, 6) is -12.9. The molecule has 64 heavy (non-hydrogen) atoms. The van der Waals surface area contributed by atoms with Crippen LogP contribution in [0, 0.1) is 0 Å². The predicted molar refractivity (Wildman–Crippen MR) is 228 cm³/mol. The molecule has 2 heterocycles. The Morgan fingerprint density at radius 3 is 1.81 bits per heavy atom. The predicted octanol–water partition coefficient (Wildman–Crippen LogP) is -6.43. The van der Waals surface area contributed by atoms with Gasteiger partial charge in [0.25, 0.3) is 0 Å². The summed E-state index contributed by atoms with van der Waals surface area (Å²) in [6.07, 6.45) is -0.832. The summed E-state index contributed by atoms with van der Waals surface area (Å²) < 4.78 is 0. The first-order valence-corrected chi connectivity index (χ1v) is 22.5.